The molecule has 2 aromatic heterocycles. The fraction of sp³-hybridized carbons (Fsp3) is 0.182. The molecule has 2 rings (SSSR count). The van der Waals surface area contributed by atoms with Crippen LogP contribution in [0, 0.1) is 0 Å². The number of thiophene rings is 1. The van der Waals surface area contributed by atoms with Gasteiger partial charge in [-0.15, -0.1) is 11.3 Å². The number of nitrogens with zero attached hydrogens (tertiary/aromatic N) is 1. The van der Waals surface area contributed by atoms with Gasteiger partial charge in [-0.05, 0) is 30.6 Å². The Labute approximate surface area is 97.9 Å². The molecule has 0 radical (unpaired) electrons. The Hall–Kier alpha value is -0.900. The molecule has 78 valence electrons. The Bertz CT molecular complexity index is 427. The van der Waals surface area contributed by atoms with Gasteiger partial charge in [-0.3, -0.25) is 4.98 Å². The molecule has 1 atom stereocenters. The first-order valence-corrected chi connectivity index (χ1v) is 5.89. The number of pyridine rings is 1. The lowest BCUT2D eigenvalue weighted by atomic mass is 10.1. The van der Waals surface area contributed by atoms with Gasteiger partial charge >= 0.3 is 0 Å². The van der Waals surface area contributed by atoms with E-state index in [9.17, 15) is 0 Å². The molecule has 2 nitrogen and oxygen atoms in total. The van der Waals surface area contributed by atoms with Crippen molar-refractivity contribution in [2.75, 3.05) is 7.05 Å². The summed E-state index contributed by atoms with van der Waals surface area (Å²) in [5.74, 6) is 0. The number of hydrogen-bond acceptors (Lipinski definition) is 3. The summed E-state index contributed by atoms with van der Waals surface area (Å²) in [5, 5.41) is 6.01. The normalized spacial score (nSPS) is 12.7. The van der Waals surface area contributed by atoms with Crippen molar-refractivity contribution in [2.24, 2.45) is 0 Å². The first kappa shape index (κ1) is 10.6. The van der Waals surface area contributed by atoms with Crippen molar-refractivity contribution in [2.45, 2.75) is 6.04 Å². The van der Waals surface area contributed by atoms with Gasteiger partial charge in [-0.2, -0.15) is 0 Å². The van der Waals surface area contributed by atoms with Crippen molar-refractivity contribution in [1.82, 2.24) is 10.3 Å². The van der Waals surface area contributed by atoms with Gasteiger partial charge < -0.3 is 5.32 Å². The van der Waals surface area contributed by atoms with Crippen LogP contribution in [0.2, 0.25) is 5.02 Å². The lowest BCUT2D eigenvalue weighted by Gasteiger charge is -2.14. The van der Waals surface area contributed by atoms with Crippen molar-refractivity contribution >= 4 is 22.9 Å². The highest BCUT2D eigenvalue weighted by Gasteiger charge is 2.16. The molecule has 0 bridgehead atoms. The smallest absolute Gasteiger partial charge is 0.0857 e. The van der Waals surface area contributed by atoms with Crippen LogP contribution in [-0.4, -0.2) is 12.0 Å². The largest absolute Gasteiger partial charge is 0.307 e. The first-order chi connectivity index (χ1) is 7.33. The van der Waals surface area contributed by atoms with Crippen molar-refractivity contribution in [3.63, 3.8) is 0 Å². The Balaban J connectivity index is 2.37. The monoisotopic (exact) mass is 238 g/mol. The van der Waals surface area contributed by atoms with Gasteiger partial charge in [-0.1, -0.05) is 17.7 Å². The highest BCUT2D eigenvalue weighted by molar-refractivity contribution is 7.10. The summed E-state index contributed by atoms with van der Waals surface area (Å²) >= 11 is 7.75. The fourth-order valence-electron chi connectivity index (χ4n) is 1.47. The van der Waals surface area contributed by atoms with E-state index in [-0.39, 0.29) is 6.04 Å². The van der Waals surface area contributed by atoms with E-state index >= 15 is 0 Å². The topological polar surface area (TPSA) is 24.9 Å². The van der Waals surface area contributed by atoms with E-state index < -0.39 is 0 Å². The number of halogens is 1. The molecular formula is C11H11ClN2S. The Morgan fingerprint density at radius 3 is 2.80 bits per heavy atom. The molecular weight excluding hydrogens is 228 g/mol. The third-order valence-electron chi connectivity index (χ3n) is 2.18. The van der Waals surface area contributed by atoms with E-state index in [1.807, 2.05) is 36.7 Å². The first-order valence-electron chi connectivity index (χ1n) is 4.64. The molecule has 4 heteroatoms. The Kier molecular flexibility index (Phi) is 3.36. The van der Waals surface area contributed by atoms with Crippen LogP contribution in [0.4, 0.5) is 0 Å². The molecule has 15 heavy (non-hydrogen) atoms. The lowest BCUT2D eigenvalue weighted by molar-refractivity contribution is 0.682. The number of nitrogens with one attached hydrogen (secondary N) is 1. The van der Waals surface area contributed by atoms with Crippen LogP contribution in [0.1, 0.15) is 16.6 Å². The molecule has 0 aliphatic carbocycles. The summed E-state index contributed by atoms with van der Waals surface area (Å²) in [6.07, 6.45) is 1.79. The second-order valence-corrected chi connectivity index (χ2v) is 4.46. The lowest BCUT2D eigenvalue weighted by Crippen LogP contribution is -2.17. The van der Waals surface area contributed by atoms with Gasteiger partial charge in [0.05, 0.1) is 16.8 Å². The van der Waals surface area contributed by atoms with E-state index in [1.54, 1.807) is 17.5 Å². The highest BCUT2D eigenvalue weighted by atomic mass is 35.5. The SMILES string of the molecule is CNC(c1ccccn1)c1sccc1Cl. The maximum Gasteiger partial charge on any atom is 0.0857 e. The maximum atomic E-state index is 6.11. The molecule has 0 fully saturated rings. The summed E-state index contributed by atoms with van der Waals surface area (Å²) in [4.78, 5) is 5.44. The third-order valence-corrected chi connectivity index (χ3v) is 3.60. The zero-order chi connectivity index (χ0) is 10.7. The minimum absolute atomic E-state index is 0.0821. The third kappa shape index (κ3) is 2.20. The Morgan fingerprint density at radius 2 is 2.27 bits per heavy atom. The number of hydrogen-bond donors (Lipinski definition) is 1. The molecule has 2 aromatic rings. The van der Waals surface area contributed by atoms with Gasteiger partial charge in [0.1, 0.15) is 0 Å². The van der Waals surface area contributed by atoms with Crippen LogP contribution in [-0.2, 0) is 0 Å². The van der Waals surface area contributed by atoms with Crippen LogP contribution < -0.4 is 5.32 Å². The summed E-state index contributed by atoms with van der Waals surface area (Å²) in [5.41, 5.74) is 0.990. The summed E-state index contributed by atoms with van der Waals surface area (Å²) in [6, 6.07) is 7.88. The molecule has 1 unspecified atom stereocenters. The fourth-order valence-corrected chi connectivity index (χ4v) is 2.76. The van der Waals surface area contributed by atoms with Crippen LogP contribution in [0.25, 0.3) is 0 Å². The van der Waals surface area contributed by atoms with E-state index in [4.69, 9.17) is 11.6 Å². The quantitative estimate of drug-likeness (QED) is 0.889. The zero-order valence-corrected chi connectivity index (χ0v) is 9.85. The van der Waals surface area contributed by atoms with E-state index in [2.05, 4.69) is 10.3 Å². The average Bonchev–Trinajstić information content (AvgIpc) is 2.68. The van der Waals surface area contributed by atoms with E-state index in [0.29, 0.717) is 0 Å². The van der Waals surface area contributed by atoms with Crippen molar-refractivity contribution in [1.29, 1.82) is 0 Å². The molecule has 1 N–H and O–H groups in total. The molecule has 0 saturated carbocycles. The minimum Gasteiger partial charge on any atom is -0.307 e. The maximum absolute atomic E-state index is 6.11. The standard InChI is InChI=1S/C11H11ClN2S/c1-13-10(9-4-2-3-6-14-9)11-8(12)5-7-15-11/h2-7,10,13H,1H3. The van der Waals surface area contributed by atoms with Crippen molar-refractivity contribution in [3.05, 3.63) is 51.4 Å². The van der Waals surface area contributed by atoms with Crippen molar-refractivity contribution in [3.8, 4) is 0 Å². The van der Waals surface area contributed by atoms with Gasteiger partial charge in [-0.25, -0.2) is 0 Å². The highest BCUT2D eigenvalue weighted by Crippen LogP contribution is 2.31. The molecule has 0 aliphatic heterocycles. The van der Waals surface area contributed by atoms with Gasteiger partial charge in [0.25, 0.3) is 0 Å². The average molecular weight is 239 g/mol. The van der Waals surface area contributed by atoms with E-state index in [1.165, 1.54) is 0 Å². The van der Waals surface area contributed by atoms with E-state index in [0.717, 1.165) is 15.6 Å². The minimum atomic E-state index is 0.0821. The van der Waals surface area contributed by atoms with Crippen LogP contribution >= 0.6 is 22.9 Å². The molecule has 0 spiro atoms. The molecule has 0 amide bonds. The van der Waals surface area contributed by atoms with Gasteiger partial charge in [0.15, 0.2) is 0 Å². The predicted octanol–water partition coefficient (Wildman–Crippen LogP) is 3.11. The number of aromatic nitrogens is 1. The summed E-state index contributed by atoms with van der Waals surface area (Å²) < 4.78 is 0. The zero-order valence-electron chi connectivity index (χ0n) is 8.27. The van der Waals surface area contributed by atoms with Crippen LogP contribution in [0.5, 0.6) is 0 Å². The van der Waals surface area contributed by atoms with Gasteiger partial charge in [0, 0.05) is 11.1 Å². The second kappa shape index (κ2) is 4.75. The van der Waals surface area contributed by atoms with Crippen molar-refractivity contribution < 1.29 is 0 Å². The van der Waals surface area contributed by atoms with Gasteiger partial charge in [0.2, 0.25) is 0 Å². The molecule has 0 aromatic carbocycles. The second-order valence-electron chi connectivity index (χ2n) is 3.11. The summed E-state index contributed by atoms with van der Waals surface area (Å²) in [7, 11) is 1.91. The van der Waals surface area contributed by atoms with Crippen LogP contribution in [0.3, 0.4) is 0 Å². The summed E-state index contributed by atoms with van der Waals surface area (Å²) in [6.45, 7) is 0. The predicted molar refractivity (Wildman–Crippen MR) is 64.5 cm³/mol. The number of rotatable bonds is 3. The molecule has 0 saturated heterocycles. The molecule has 2 heterocycles. The van der Waals surface area contributed by atoms with Crippen LogP contribution in [0.15, 0.2) is 35.8 Å². The molecule has 0 aliphatic rings. The Morgan fingerprint density at radius 1 is 1.40 bits per heavy atom.